The average molecular weight is 536 g/mol. The summed E-state index contributed by atoms with van der Waals surface area (Å²) in [7, 11) is 6.79. The van der Waals surface area contributed by atoms with Crippen LogP contribution in [0, 0.1) is 6.92 Å². The number of methoxy groups -OCH3 is 4. The van der Waals surface area contributed by atoms with Crippen molar-refractivity contribution in [1.82, 2.24) is 4.90 Å². The summed E-state index contributed by atoms with van der Waals surface area (Å²) in [5.41, 5.74) is 5.28. The Kier molecular flexibility index (Phi) is 10.2. The van der Waals surface area contributed by atoms with Crippen LogP contribution in [0.2, 0.25) is 0 Å². The molecule has 0 aromatic heterocycles. The van der Waals surface area contributed by atoms with E-state index in [0.29, 0.717) is 5.25 Å². The molecule has 1 heterocycles. The minimum absolute atomic E-state index is 0.371. The second-order valence-corrected chi connectivity index (χ2v) is 11.2. The molecular weight excluding hydrogens is 494 g/mol. The highest BCUT2D eigenvalue weighted by molar-refractivity contribution is 7.99. The van der Waals surface area contributed by atoms with Crippen LogP contribution in [0.15, 0.2) is 59.5 Å². The maximum Gasteiger partial charge on any atom is 0.161 e. The molecule has 6 heteroatoms. The zero-order valence-electron chi connectivity index (χ0n) is 23.4. The van der Waals surface area contributed by atoms with Crippen LogP contribution in [-0.2, 0) is 13.1 Å². The third-order valence-corrected chi connectivity index (χ3v) is 8.60. The summed E-state index contributed by atoms with van der Waals surface area (Å²) in [5, 5.41) is 0.371. The summed E-state index contributed by atoms with van der Waals surface area (Å²) in [6.45, 7) is 5.24. The van der Waals surface area contributed by atoms with Crippen molar-refractivity contribution in [2.45, 2.75) is 62.3 Å². The molecule has 4 rings (SSSR count). The first-order valence-electron chi connectivity index (χ1n) is 13.5. The highest BCUT2D eigenvalue weighted by Crippen LogP contribution is 2.42. The minimum Gasteiger partial charge on any atom is -0.493 e. The average Bonchev–Trinajstić information content (AvgIpc) is 3.35. The lowest BCUT2D eigenvalue weighted by Crippen LogP contribution is -2.17. The number of unbranched alkanes of at least 4 members (excludes halogenated alkanes) is 3. The van der Waals surface area contributed by atoms with Gasteiger partial charge in [0.05, 0.1) is 28.4 Å². The van der Waals surface area contributed by atoms with Crippen LogP contribution in [0.3, 0.4) is 0 Å². The van der Waals surface area contributed by atoms with Crippen molar-refractivity contribution in [3.8, 4) is 23.0 Å². The van der Waals surface area contributed by atoms with Crippen molar-refractivity contribution in [2.24, 2.45) is 0 Å². The molecule has 0 radical (unpaired) electrons. The predicted octanol–water partition coefficient (Wildman–Crippen LogP) is 7.83. The Morgan fingerprint density at radius 2 is 1.26 bits per heavy atom. The lowest BCUT2D eigenvalue weighted by Gasteiger charge is -2.19. The number of thioether (sulfide) groups is 1. The lowest BCUT2D eigenvalue weighted by molar-refractivity contribution is 0.276. The van der Waals surface area contributed by atoms with E-state index in [1.165, 1.54) is 52.8 Å². The Balaban J connectivity index is 1.28. The number of rotatable bonds is 14. The number of ether oxygens (including phenoxy) is 4. The molecule has 204 valence electrons. The number of hydrogen-bond donors (Lipinski definition) is 0. The van der Waals surface area contributed by atoms with E-state index in [-0.39, 0.29) is 0 Å². The Morgan fingerprint density at radius 3 is 1.87 bits per heavy atom. The van der Waals surface area contributed by atoms with Gasteiger partial charge in [0.1, 0.15) is 0 Å². The van der Waals surface area contributed by atoms with Gasteiger partial charge in [-0.05, 0) is 79.4 Å². The number of hydrogen-bond acceptors (Lipinski definition) is 6. The number of benzene rings is 3. The molecular formula is C32H41NO4S. The number of fused-ring (bicyclic) bond motifs is 1. The minimum atomic E-state index is 0.371. The molecule has 1 aliphatic rings. The van der Waals surface area contributed by atoms with Crippen molar-refractivity contribution in [3.05, 3.63) is 76.9 Å². The molecule has 0 saturated carbocycles. The van der Waals surface area contributed by atoms with Gasteiger partial charge in [-0.25, -0.2) is 0 Å². The van der Waals surface area contributed by atoms with E-state index in [2.05, 4.69) is 60.4 Å². The fourth-order valence-corrected chi connectivity index (χ4v) is 6.29. The summed E-state index contributed by atoms with van der Waals surface area (Å²) in [6, 6.07) is 19.5. The van der Waals surface area contributed by atoms with Crippen molar-refractivity contribution in [1.29, 1.82) is 0 Å². The quantitative estimate of drug-likeness (QED) is 0.155. The monoisotopic (exact) mass is 535 g/mol. The van der Waals surface area contributed by atoms with E-state index in [4.69, 9.17) is 18.9 Å². The number of nitrogens with zero attached hydrogens (tertiary/aromatic N) is 1. The maximum absolute atomic E-state index is 5.60. The molecule has 1 atom stereocenters. The van der Waals surface area contributed by atoms with Gasteiger partial charge in [0, 0.05) is 23.2 Å². The van der Waals surface area contributed by atoms with Gasteiger partial charge in [0.25, 0.3) is 0 Å². The van der Waals surface area contributed by atoms with Crippen LogP contribution in [0.1, 0.15) is 59.6 Å². The largest absolute Gasteiger partial charge is 0.493 e. The van der Waals surface area contributed by atoms with E-state index in [1.807, 2.05) is 17.8 Å². The van der Waals surface area contributed by atoms with Crippen LogP contribution in [0.5, 0.6) is 23.0 Å². The zero-order valence-corrected chi connectivity index (χ0v) is 24.2. The summed E-state index contributed by atoms with van der Waals surface area (Å²) < 4.78 is 22.0. The fraction of sp³-hybridized carbons (Fsp3) is 0.438. The van der Waals surface area contributed by atoms with E-state index in [0.717, 1.165) is 49.1 Å². The Hall–Kier alpha value is -2.83. The van der Waals surface area contributed by atoms with Crippen molar-refractivity contribution in [2.75, 3.05) is 35.0 Å². The second kappa shape index (κ2) is 13.8. The van der Waals surface area contributed by atoms with Crippen LogP contribution < -0.4 is 18.9 Å². The first kappa shape index (κ1) is 28.2. The molecule has 0 spiro atoms. The highest BCUT2D eigenvalue weighted by Gasteiger charge is 2.21. The summed E-state index contributed by atoms with van der Waals surface area (Å²) in [6.07, 6.45) is 6.03. The van der Waals surface area contributed by atoms with Crippen molar-refractivity contribution < 1.29 is 18.9 Å². The van der Waals surface area contributed by atoms with E-state index in [9.17, 15) is 0 Å². The third-order valence-electron chi connectivity index (χ3n) is 7.26. The smallest absolute Gasteiger partial charge is 0.161 e. The Morgan fingerprint density at radius 1 is 0.684 bits per heavy atom. The molecule has 0 saturated heterocycles. The number of aryl methyl sites for hydroxylation is 1. The molecule has 0 fully saturated rings. The maximum atomic E-state index is 5.60. The summed E-state index contributed by atoms with van der Waals surface area (Å²) in [4.78, 5) is 3.83. The molecule has 1 aliphatic heterocycles. The first-order chi connectivity index (χ1) is 18.5. The standard InChI is InChI=1S/C32H41NO4S/c1-23-11-14-27(15-12-23)38-32(24-13-16-28(34-2)29(18-24)35-3)10-8-6-7-9-17-33-21-25-19-30(36-4)31(37-5)20-26(25)22-33/h11-16,18-20,32H,6-10,17,21-22H2,1-5H3. The van der Waals surface area contributed by atoms with Crippen molar-refractivity contribution >= 4 is 11.8 Å². The molecule has 0 bridgehead atoms. The lowest BCUT2D eigenvalue weighted by atomic mass is 10.0. The van der Waals surface area contributed by atoms with Crippen LogP contribution >= 0.6 is 11.8 Å². The Labute approximate surface area is 232 Å². The van der Waals surface area contributed by atoms with Gasteiger partial charge in [0.15, 0.2) is 23.0 Å². The molecule has 3 aromatic carbocycles. The van der Waals surface area contributed by atoms with E-state index < -0.39 is 0 Å². The van der Waals surface area contributed by atoms with Gasteiger partial charge in [0.2, 0.25) is 0 Å². The normalized spacial score (nSPS) is 13.7. The molecule has 0 N–H and O–H groups in total. The topological polar surface area (TPSA) is 40.2 Å². The summed E-state index contributed by atoms with van der Waals surface area (Å²) >= 11 is 1.94. The molecule has 0 aliphatic carbocycles. The summed E-state index contributed by atoms with van der Waals surface area (Å²) in [5.74, 6) is 3.21. The van der Waals surface area contributed by atoms with Crippen LogP contribution in [-0.4, -0.2) is 39.9 Å². The van der Waals surface area contributed by atoms with E-state index >= 15 is 0 Å². The molecule has 3 aromatic rings. The Bertz CT molecular complexity index is 1150. The second-order valence-electron chi connectivity index (χ2n) is 9.92. The molecule has 0 amide bonds. The van der Waals surface area contributed by atoms with Gasteiger partial charge in [-0.1, -0.05) is 43.0 Å². The van der Waals surface area contributed by atoms with Crippen LogP contribution in [0.4, 0.5) is 0 Å². The van der Waals surface area contributed by atoms with Crippen LogP contribution in [0.25, 0.3) is 0 Å². The fourth-order valence-electron chi connectivity index (χ4n) is 5.10. The van der Waals surface area contributed by atoms with Gasteiger partial charge in [-0.2, -0.15) is 0 Å². The molecule has 1 unspecified atom stereocenters. The van der Waals surface area contributed by atoms with E-state index in [1.54, 1.807) is 28.4 Å². The highest BCUT2D eigenvalue weighted by atomic mass is 32.2. The van der Waals surface area contributed by atoms with Gasteiger partial charge in [-0.3, -0.25) is 4.90 Å². The third kappa shape index (κ3) is 7.17. The van der Waals surface area contributed by atoms with Gasteiger partial charge < -0.3 is 18.9 Å². The zero-order chi connectivity index (χ0) is 26.9. The van der Waals surface area contributed by atoms with Gasteiger partial charge in [-0.15, -0.1) is 11.8 Å². The van der Waals surface area contributed by atoms with Crippen molar-refractivity contribution in [3.63, 3.8) is 0 Å². The predicted molar refractivity (Wildman–Crippen MR) is 156 cm³/mol. The first-order valence-corrected chi connectivity index (χ1v) is 14.3. The SMILES string of the molecule is COc1ccc(C(CCCCCCN2Cc3cc(OC)c(OC)cc3C2)Sc2ccc(C)cc2)cc1OC. The molecule has 5 nitrogen and oxygen atoms in total. The van der Waals surface area contributed by atoms with Gasteiger partial charge >= 0.3 is 0 Å². The molecule has 38 heavy (non-hydrogen) atoms.